The van der Waals surface area contributed by atoms with Crippen LogP contribution in [0, 0.1) is 6.92 Å². The van der Waals surface area contributed by atoms with Crippen molar-refractivity contribution in [2.75, 3.05) is 7.11 Å². The van der Waals surface area contributed by atoms with Crippen LogP contribution >= 0.6 is 22.9 Å². The smallest absolute Gasteiger partial charge is 0.328 e. The van der Waals surface area contributed by atoms with E-state index < -0.39 is 29.8 Å². The van der Waals surface area contributed by atoms with E-state index in [1.165, 1.54) is 26.3 Å². The number of halogens is 1. The molecule has 3 atom stereocenters. The number of methoxy groups -OCH3 is 1. The fraction of sp³-hybridized carbons (Fsp3) is 0.348. The minimum Gasteiger partial charge on any atom is -0.503 e. The third-order valence-electron chi connectivity index (χ3n) is 5.38. The molecule has 2 heterocycles. The summed E-state index contributed by atoms with van der Waals surface area (Å²) < 4.78 is 11.7. The Hall–Kier alpha value is -2.84. The maximum atomic E-state index is 12.6. The Labute approximate surface area is 195 Å². The molecule has 2 aromatic heterocycles. The summed E-state index contributed by atoms with van der Waals surface area (Å²) >= 11 is 7.78. The lowest BCUT2D eigenvalue weighted by Crippen LogP contribution is -2.41. The first kappa shape index (κ1) is 23.8. The molecule has 0 spiro atoms. The van der Waals surface area contributed by atoms with Crippen molar-refractivity contribution >= 4 is 44.9 Å². The van der Waals surface area contributed by atoms with Gasteiger partial charge in [-0.25, -0.2) is 9.78 Å². The highest BCUT2D eigenvalue weighted by molar-refractivity contribution is 7.19. The van der Waals surface area contributed by atoms with Crippen LogP contribution in [0.5, 0.6) is 11.5 Å². The molecule has 0 aliphatic heterocycles. The summed E-state index contributed by atoms with van der Waals surface area (Å²) in [5.41, 5.74) is 0.883. The van der Waals surface area contributed by atoms with Crippen molar-refractivity contribution in [2.45, 2.75) is 45.8 Å². The van der Waals surface area contributed by atoms with Crippen molar-refractivity contribution in [1.29, 1.82) is 0 Å². The van der Waals surface area contributed by atoms with E-state index in [0.29, 0.717) is 5.02 Å². The molecule has 0 saturated carbocycles. The number of rotatable bonds is 7. The zero-order chi connectivity index (χ0) is 23.6. The molecular formula is C23H25ClN2O5S. The number of aryl methyl sites for hydroxylation is 1. The first-order valence-corrected chi connectivity index (χ1v) is 11.2. The van der Waals surface area contributed by atoms with Crippen molar-refractivity contribution in [3.05, 3.63) is 51.6 Å². The Morgan fingerprint density at radius 2 is 1.94 bits per heavy atom. The van der Waals surface area contributed by atoms with Crippen LogP contribution in [0.4, 0.5) is 0 Å². The third-order valence-corrected chi connectivity index (χ3v) is 7.09. The van der Waals surface area contributed by atoms with Gasteiger partial charge in [-0.2, -0.15) is 0 Å². The first-order chi connectivity index (χ1) is 15.1. The number of thiophene rings is 1. The van der Waals surface area contributed by atoms with Gasteiger partial charge in [-0.3, -0.25) is 4.79 Å². The van der Waals surface area contributed by atoms with Crippen LogP contribution in [0.25, 0.3) is 10.1 Å². The van der Waals surface area contributed by atoms with Gasteiger partial charge < -0.3 is 19.9 Å². The fourth-order valence-electron chi connectivity index (χ4n) is 3.34. The fourth-order valence-corrected chi connectivity index (χ4v) is 4.85. The lowest BCUT2D eigenvalue weighted by molar-refractivity contribution is -0.150. The van der Waals surface area contributed by atoms with E-state index in [2.05, 4.69) is 10.3 Å². The Morgan fingerprint density at radius 1 is 1.22 bits per heavy atom. The van der Waals surface area contributed by atoms with Crippen molar-refractivity contribution in [1.82, 2.24) is 10.3 Å². The van der Waals surface area contributed by atoms with Gasteiger partial charge >= 0.3 is 5.97 Å². The number of nitrogens with zero attached hydrogens (tertiary/aromatic N) is 1. The van der Waals surface area contributed by atoms with Crippen molar-refractivity contribution in [3.63, 3.8) is 0 Å². The quantitative estimate of drug-likeness (QED) is 0.474. The monoisotopic (exact) mass is 476 g/mol. The zero-order valence-corrected chi connectivity index (χ0v) is 20.0. The molecule has 2 unspecified atom stereocenters. The number of ether oxygens (including phenoxy) is 2. The Morgan fingerprint density at radius 3 is 2.62 bits per heavy atom. The van der Waals surface area contributed by atoms with Gasteiger partial charge in [0.2, 0.25) is 0 Å². The van der Waals surface area contributed by atoms with E-state index in [0.717, 1.165) is 20.5 Å². The number of hydrogen-bond donors (Lipinski definition) is 2. The van der Waals surface area contributed by atoms with Gasteiger partial charge in [0, 0.05) is 32.8 Å². The first-order valence-electron chi connectivity index (χ1n) is 10.1. The van der Waals surface area contributed by atoms with Gasteiger partial charge in [0.1, 0.15) is 12.1 Å². The summed E-state index contributed by atoms with van der Waals surface area (Å²) in [4.78, 5) is 30.0. The van der Waals surface area contributed by atoms with Crippen molar-refractivity contribution < 1.29 is 24.2 Å². The van der Waals surface area contributed by atoms with E-state index >= 15 is 0 Å². The van der Waals surface area contributed by atoms with Gasteiger partial charge in [0.15, 0.2) is 17.2 Å². The van der Waals surface area contributed by atoms with Crippen LogP contribution < -0.4 is 10.1 Å². The molecule has 0 saturated heterocycles. The molecule has 7 nitrogen and oxygen atoms in total. The summed E-state index contributed by atoms with van der Waals surface area (Å²) in [6.07, 6.45) is 0.910. The number of carbonyl (C=O) groups excluding carboxylic acids is 2. The van der Waals surface area contributed by atoms with Gasteiger partial charge in [-0.1, -0.05) is 18.5 Å². The van der Waals surface area contributed by atoms with Crippen LogP contribution in [0.15, 0.2) is 30.5 Å². The largest absolute Gasteiger partial charge is 0.503 e. The maximum Gasteiger partial charge on any atom is 0.328 e. The van der Waals surface area contributed by atoms with E-state index in [1.54, 1.807) is 11.3 Å². The number of esters is 1. The molecule has 1 aromatic carbocycles. The average Bonchev–Trinajstić information content (AvgIpc) is 3.08. The van der Waals surface area contributed by atoms with Gasteiger partial charge in [0.05, 0.1) is 7.11 Å². The molecule has 9 heteroatoms. The Kier molecular flexibility index (Phi) is 7.26. The minimum atomic E-state index is -0.938. The molecule has 3 aromatic rings. The van der Waals surface area contributed by atoms with Crippen LogP contribution in [-0.4, -0.2) is 41.2 Å². The SMILES string of the molecule is COc1ccnc(C(=O)N[C@@H](C)C(=O)OC(C)C(C)c2sc3ccc(Cl)cc3c2C)c1O. The van der Waals surface area contributed by atoms with E-state index in [-0.39, 0.29) is 17.4 Å². The number of hydrogen-bond acceptors (Lipinski definition) is 7. The van der Waals surface area contributed by atoms with Gasteiger partial charge in [0.25, 0.3) is 5.91 Å². The summed E-state index contributed by atoms with van der Waals surface area (Å²) in [7, 11) is 1.37. The number of nitrogens with one attached hydrogen (secondary N) is 1. The normalized spacial score (nSPS) is 13.9. The molecule has 2 N–H and O–H groups in total. The molecule has 3 rings (SSSR count). The topological polar surface area (TPSA) is 97.8 Å². The second-order valence-corrected chi connectivity index (χ2v) is 9.09. The summed E-state index contributed by atoms with van der Waals surface area (Å²) in [5, 5.41) is 14.4. The number of aromatic nitrogens is 1. The standard InChI is InChI=1S/C23H25ClN2O5S/c1-11(21-12(2)16-10-15(24)6-7-18(16)32-21)14(4)31-23(29)13(3)26-22(28)19-20(27)17(30-5)8-9-25-19/h6-11,13-14,27H,1-5H3,(H,26,28)/t11?,13-,14?/m0/s1. The van der Waals surface area contributed by atoms with Crippen LogP contribution in [0.3, 0.4) is 0 Å². The van der Waals surface area contributed by atoms with Crippen LogP contribution in [0.2, 0.25) is 5.02 Å². The van der Waals surface area contributed by atoms with Crippen LogP contribution in [0.1, 0.15) is 47.6 Å². The second-order valence-electron chi connectivity index (χ2n) is 7.57. The minimum absolute atomic E-state index is 0.0536. The number of aromatic hydroxyl groups is 1. The Balaban J connectivity index is 1.67. The number of fused-ring (bicyclic) bond motifs is 1. The average molecular weight is 477 g/mol. The summed E-state index contributed by atoms with van der Waals surface area (Å²) in [6, 6.07) is 6.28. The zero-order valence-electron chi connectivity index (χ0n) is 18.4. The second kappa shape index (κ2) is 9.75. The molecule has 170 valence electrons. The molecule has 0 radical (unpaired) electrons. The molecule has 0 aliphatic rings. The number of pyridine rings is 1. The predicted octanol–water partition coefficient (Wildman–Crippen LogP) is 4.83. The number of amides is 1. The molecular weight excluding hydrogens is 452 g/mol. The van der Waals surface area contributed by atoms with Gasteiger partial charge in [-0.05, 0) is 49.9 Å². The highest BCUT2D eigenvalue weighted by Gasteiger charge is 2.27. The highest BCUT2D eigenvalue weighted by Crippen LogP contribution is 2.38. The highest BCUT2D eigenvalue weighted by atomic mass is 35.5. The van der Waals surface area contributed by atoms with Crippen LogP contribution in [-0.2, 0) is 9.53 Å². The van der Waals surface area contributed by atoms with Gasteiger partial charge in [-0.15, -0.1) is 11.3 Å². The third kappa shape index (κ3) is 4.81. The molecule has 1 amide bonds. The summed E-state index contributed by atoms with van der Waals surface area (Å²) in [6.45, 7) is 7.37. The maximum absolute atomic E-state index is 12.6. The lowest BCUT2D eigenvalue weighted by atomic mass is 9.99. The summed E-state index contributed by atoms with van der Waals surface area (Å²) in [5.74, 6) is -1.62. The van der Waals surface area contributed by atoms with Crippen molar-refractivity contribution in [2.24, 2.45) is 0 Å². The molecule has 0 aliphatic carbocycles. The lowest BCUT2D eigenvalue weighted by Gasteiger charge is -2.22. The van der Waals surface area contributed by atoms with E-state index in [9.17, 15) is 14.7 Å². The predicted molar refractivity (Wildman–Crippen MR) is 125 cm³/mol. The number of carbonyl (C=O) groups is 2. The number of benzene rings is 1. The molecule has 0 bridgehead atoms. The molecule has 0 fully saturated rings. The Bertz CT molecular complexity index is 1160. The molecule has 32 heavy (non-hydrogen) atoms. The van der Waals surface area contributed by atoms with Crippen molar-refractivity contribution in [3.8, 4) is 11.5 Å². The van der Waals surface area contributed by atoms with E-state index in [4.69, 9.17) is 21.1 Å². The van der Waals surface area contributed by atoms with E-state index in [1.807, 2.05) is 39.0 Å².